The zero-order valence-corrected chi connectivity index (χ0v) is 8.28. The molecule has 0 heterocycles. The lowest BCUT2D eigenvalue weighted by molar-refractivity contribution is 0.196. The van der Waals surface area contributed by atoms with E-state index in [4.69, 9.17) is 0 Å². The van der Waals surface area contributed by atoms with Crippen molar-refractivity contribution in [3.05, 3.63) is 0 Å². The Morgan fingerprint density at radius 3 is 2.82 bits per heavy atom. The van der Waals surface area contributed by atoms with E-state index in [1.165, 1.54) is 12.8 Å². The number of aliphatic hydroxyl groups excluding tert-OH is 1. The molecule has 0 aliphatic heterocycles. The molecule has 0 amide bonds. The second-order valence-corrected chi connectivity index (χ2v) is 3.58. The largest absolute Gasteiger partial charge is 0.391 e. The van der Waals surface area contributed by atoms with Crippen LogP contribution in [0.3, 0.4) is 0 Å². The Kier molecular flexibility index (Phi) is 8.57. The first-order valence-corrected chi connectivity index (χ1v) is 5.58. The van der Waals surface area contributed by atoms with Crippen LogP contribution in [0.5, 0.6) is 0 Å². The van der Waals surface area contributed by atoms with E-state index >= 15 is 0 Å². The second kappa shape index (κ2) is 8.37. The summed E-state index contributed by atoms with van der Waals surface area (Å²) in [6.07, 6.45) is 4.24. The van der Waals surface area contributed by atoms with Gasteiger partial charge in [0.25, 0.3) is 0 Å². The number of nitrogens with one attached hydrogen (secondary N) is 1. The fourth-order valence-corrected chi connectivity index (χ4v) is 1.32. The van der Waals surface area contributed by atoms with Crippen LogP contribution in [-0.2, 0) is 0 Å². The summed E-state index contributed by atoms with van der Waals surface area (Å²) >= 11 is 1.68. The highest BCUT2D eigenvalue weighted by Gasteiger charge is 2.00. The number of rotatable bonds is 7. The minimum atomic E-state index is -0.179. The Labute approximate surface area is 73.8 Å². The molecule has 0 radical (unpaired) electrons. The maximum absolute atomic E-state index is 9.27. The molecular formula is C8H19NOS. The first-order chi connectivity index (χ1) is 5.31. The zero-order chi connectivity index (χ0) is 8.53. The van der Waals surface area contributed by atoms with Crippen molar-refractivity contribution in [3.63, 3.8) is 0 Å². The second-order valence-electron chi connectivity index (χ2n) is 2.67. The molecule has 1 atom stereocenters. The summed E-state index contributed by atoms with van der Waals surface area (Å²) in [6.45, 7) is 3.93. The minimum Gasteiger partial charge on any atom is -0.391 e. The first kappa shape index (κ1) is 11.3. The molecule has 2 nitrogen and oxygen atoms in total. The van der Waals surface area contributed by atoms with E-state index in [1.807, 2.05) is 6.26 Å². The Bertz CT molecular complexity index is 80.5. The molecule has 0 aromatic heterocycles. The minimum absolute atomic E-state index is 0.179. The molecule has 0 rings (SSSR count). The number of hydrogen-bond donors (Lipinski definition) is 2. The van der Waals surface area contributed by atoms with Crippen molar-refractivity contribution in [2.45, 2.75) is 25.9 Å². The van der Waals surface area contributed by atoms with Crippen molar-refractivity contribution in [2.24, 2.45) is 0 Å². The van der Waals surface area contributed by atoms with Crippen LogP contribution in [0.15, 0.2) is 0 Å². The smallest absolute Gasteiger partial charge is 0.0754 e. The SMILES string of the molecule is CCCCNCC(O)CSC. The third-order valence-corrected chi connectivity index (χ3v) is 2.16. The summed E-state index contributed by atoms with van der Waals surface area (Å²) in [5.41, 5.74) is 0. The number of thioether (sulfide) groups is 1. The maximum atomic E-state index is 9.27. The van der Waals surface area contributed by atoms with Crippen LogP contribution in [0, 0.1) is 0 Å². The van der Waals surface area contributed by atoms with Gasteiger partial charge in [-0.3, -0.25) is 0 Å². The summed E-state index contributed by atoms with van der Waals surface area (Å²) in [5.74, 6) is 0.832. The zero-order valence-electron chi connectivity index (χ0n) is 7.47. The van der Waals surface area contributed by atoms with Gasteiger partial charge < -0.3 is 10.4 Å². The van der Waals surface area contributed by atoms with Crippen LogP contribution in [0.2, 0.25) is 0 Å². The Hall–Kier alpha value is 0.270. The van der Waals surface area contributed by atoms with Crippen molar-refractivity contribution >= 4 is 11.8 Å². The van der Waals surface area contributed by atoms with Gasteiger partial charge in [0.15, 0.2) is 0 Å². The molecule has 0 spiro atoms. The monoisotopic (exact) mass is 177 g/mol. The Morgan fingerprint density at radius 2 is 2.27 bits per heavy atom. The molecule has 0 saturated heterocycles. The molecule has 0 aromatic rings. The Balaban J connectivity index is 2.97. The molecule has 3 heteroatoms. The fraction of sp³-hybridized carbons (Fsp3) is 1.00. The third kappa shape index (κ3) is 8.17. The van der Waals surface area contributed by atoms with Crippen LogP contribution in [-0.4, -0.2) is 36.3 Å². The van der Waals surface area contributed by atoms with Crippen molar-refractivity contribution in [1.82, 2.24) is 5.32 Å². The normalized spacial score (nSPS) is 13.4. The molecule has 1 unspecified atom stereocenters. The molecule has 68 valence electrons. The molecule has 0 fully saturated rings. The average Bonchev–Trinajstić information content (AvgIpc) is 1.99. The van der Waals surface area contributed by atoms with Gasteiger partial charge in [0.2, 0.25) is 0 Å². The van der Waals surface area contributed by atoms with E-state index in [1.54, 1.807) is 11.8 Å². The van der Waals surface area contributed by atoms with Crippen LogP contribution in [0.1, 0.15) is 19.8 Å². The molecule has 0 bridgehead atoms. The highest BCUT2D eigenvalue weighted by Crippen LogP contribution is 1.95. The number of aliphatic hydroxyl groups is 1. The van der Waals surface area contributed by atoms with Gasteiger partial charge >= 0.3 is 0 Å². The summed E-state index contributed by atoms with van der Waals surface area (Å²) < 4.78 is 0. The van der Waals surface area contributed by atoms with Gasteiger partial charge in [-0.2, -0.15) is 11.8 Å². The predicted octanol–water partition coefficient (Wildman–Crippen LogP) is 1.10. The predicted molar refractivity (Wildman–Crippen MR) is 52.2 cm³/mol. The van der Waals surface area contributed by atoms with Gasteiger partial charge in [0.1, 0.15) is 0 Å². The van der Waals surface area contributed by atoms with E-state index in [0.717, 1.165) is 18.8 Å². The lowest BCUT2D eigenvalue weighted by atomic mass is 10.3. The van der Waals surface area contributed by atoms with E-state index in [9.17, 15) is 5.11 Å². The van der Waals surface area contributed by atoms with E-state index in [2.05, 4.69) is 12.2 Å². The topological polar surface area (TPSA) is 32.3 Å². The van der Waals surface area contributed by atoms with Gasteiger partial charge in [0, 0.05) is 12.3 Å². The van der Waals surface area contributed by atoms with E-state index in [0.29, 0.717) is 0 Å². The summed E-state index contributed by atoms with van der Waals surface area (Å²) in [4.78, 5) is 0. The standard InChI is InChI=1S/C8H19NOS/c1-3-4-5-9-6-8(10)7-11-2/h8-10H,3-7H2,1-2H3. The quantitative estimate of drug-likeness (QED) is 0.571. The van der Waals surface area contributed by atoms with Gasteiger partial charge in [-0.15, -0.1) is 0 Å². The molecule has 2 N–H and O–H groups in total. The van der Waals surface area contributed by atoms with Gasteiger partial charge in [-0.05, 0) is 19.2 Å². The highest BCUT2D eigenvalue weighted by atomic mass is 32.2. The molecule has 11 heavy (non-hydrogen) atoms. The van der Waals surface area contributed by atoms with Crippen LogP contribution in [0.4, 0.5) is 0 Å². The van der Waals surface area contributed by atoms with Crippen LogP contribution < -0.4 is 5.32 Å². The van der Waals surface area contributed by atoms with E-state index < -0.39 is 0 Å². The van der Waals surface area contributed by atoms with Crippen molar-refractivity contribution in [1.29, 1.82) is 0 Å². The van der Waals surface area contributed by atoms with Crippen molar-refractivity contribution in [2.75, 3.05) is 25.1 Å². The summed E-state index contributed by atoms with van der Waals surface area (Å²) in [5, 5.41) is 12.5. The lowest BCUT2D eigenvalue weighted by Crippen LogP contribution is -2.29. The molecule has 0 aliphatic carbocycles. The van der Waals surface area contributed by atoms with Gasteiger partial charge in [-0.1, -0.05) is 13.3 Å². The van der Waals surface area contributed by atoms with Crippen molar-refractivity contribution < 1.29 is 5.11 Å². The summed E-state index contributed by atoms with van der Waals surface area (Å²) in [7, 11) is 0. The first-order valence-electron chi connectivity index (χ1n) is 4.19. The highest BCUT2D eigenvalue weighted by molar-refractivity contribution is 7.98. The molecule has 0 aromatic carbocycles. The van der Waals surface area contributed by atoms with E-state index in [-0.39, 0.29) is 6.10 Å². The van der Waals surface area contributed by atoms with Crippen molar-refractivity contribution in [3.8, 4) is 0 Å². The van der Waals surface area contributed by atoms with Crippen LogP contribution in [0.25, 0.3) is 0 Å². The fourth-order valence-electron chi connectivity index (χ4n) is 0.822. The Morgan fingerprint density at radius 1 is 1.55 bits per heavy atom. The molecular weight excluding hydrogens is 158 g/mol. The lowest BCUT2D eigenvalue weighted by Gasteiger charge is -2.09. The summed E-state index contributed by atoms with van der Waals surface area (Å²) in [6, 6.07) is 0. The average molecular weight is 177 g/mol. The van der Waals surface area contributed by atoms with Crippen LogP contribution >= 0.6 is 11.8 Å². The molecule has 0 aliphatic rings. The molecule has 0 saturated carbocycles. The number of hydrogen-bond acceptors (Lipinski definition) is 3. The number of unbranched alkanes of at least 4 members (excludes halogenated alkanes) is 1. The third-order valence-electron chi connectivity index (χ3n) is 1.45. The van der Waals surface area contributed by atoms with Gasteiger partial charge in [0.05, 0.1) is 6.10 Å². The maximum Gasteiger partial charge on any atom is 0.0754 e. The van der Waals surface area contributed by atoms with Gasteiger partial charge in [-0.25, -0.2) is 0 Å².